The number of fused-ring (bicyclic) bond motifs is 1. The molecule has 6 heteroatoms. The lowest BCUT2D eigenvalue weighted by atomic mass is 10.0. The van der Waals surface area contributed by atoms with Crippen molar-refractivity contribution < 1.29 is 14.4 Å². The molecule has 0 radical (unpaired) electrons. The molecule has 1 unspecified atom stereocenters. The SMILES string of the molecule is N[N+]12C=CN=CC1=C(C1=CC=C1)N=C2c1ccc(Oc2ccccc2)c(O)c1. The lowest BCUT2D eigenvalue weighted by Crippen LogP contribution is -2.53. The molecular formula is C22H17N4O2+. The second-order valence-corrected chi connectivity index (χ2v) is 6.60. The van der Waals surface area contributed by atoms with Crippen LogP contribution in [0.5, 0.6) is 17.2 Å². The van der Waals surface area contributed by atoms with E-state index in [0.717, 1.165) is 17.0 Å². The summed E-state index contributed by atoms with van der Waals surface area (Å²) in [4.78, 5) is 8.99. The van der Waals surface area contributed by atoms with Gasteiger partial charge in [-0.2, -0.15) is 10.8 Å². The second kappa shape index (κ2) is 6.16. The Morgan fingerprint density at radius 1 is 1.07 bits per heavy atom. The van der Waals surface area contributed by atoms with Gasteiger partial charge in [0.15, 0.2) is 11.5 Å². The Hall–Kier alpha value is -3.74. The highest BCUT2D eigenvalue weighted by Crippen LogP contribution is 2.38. The average molecular weight is 369 g/mol. The molecule has 0 amide bonds. The number of hydrogen-bond acceptors (Lipinski definition) is 5. The molecule has 0 spiro atoms. The highest BCUT2D eigenvalue weighted by Gasteiger charge is 2.44. The molecule has 6 nitrogen and oxygen atoms in total. The quantitative estimate of drug-likeness (QED) is 0.634. The molecule has 2 aliphatic heterocycles. The van der Waals surface area contributed by atoms with Gasteiger partial charge < -0.3 is 9.84 Å². The summed E-state index contributed by atoms with van der Waals surface area (Å²) in [6, 6.07) is 14.5. The number of ether oxygens (including phenoxy) is 1. The van der Waals surface area contributed by atoms with Crippen LogP contribution in [0.1, 0.15) is 5.56 Å². The molecular weight excluding hydrogens is 352 g/mol. The molecule has 0 fully saturated rings. The van der Waals surface area contributed by atoms with Crippen molar-refractivity contribution in [3.8, 4) is 17.2 Å². The van der Waals surface area contributed by atoms with E-state index in [1.807, 2.05) is 54.6 Å². The number of aromatic hydroxyl groups is 1. The predicted molar refractivity (Wildman–Crippen MR) is 107 cm³/mol. The number of nitrogens with zero attached hydrogens (tertiary/aromatic N) is 3. The monoisotopic (exact) mass is 369 g/mol. The maximum Gasteiger partial charge on any atom is 0.265 e. The third-order valence-electron chi connectivity index (χ3n) is 4.81. The van der Waals surface area contributed by atoms with E-state index in [2.05, 4.69) is 4.99 Å². The smallest absolute Gasteiger partial charge is 0.265 e. The van der Waals surface area contributed by atoms with Gasteiger partial charge in [-0.3, -0.25) is 4.99 Å². The minimum Gasteiger partial charge on any atom is -0.504 e. The first kappa shape index (κ1) is 16.4. The first-order valence-electron chi connectivity index (χ1n) is 8.82. The number of benzene rings is 2. The second-order valence-electron chi connectivity index (χ2n) is 6.60. The van der Waals surface area contributed by atoms with E-state index in [0.29, 0.717) is 22.9 Å². The number of phenols is 1. The topological polar surface area (TPSA) is 80.2 Å². The summed E-state index contributed by atoms with van der Waals surface area (Å²) in [5, 5.41) is 10.5. The van der Waals surface area contributed by atoms with Crippen LogP contribution in [-0.4, -0.2) is 21.7 Å². The molecule has 28 heavy (non-hydrogen) atoms. The molecule has 0 bridgehead atoms. The number of allylic oxidation sites excluding steroid dienone is 4. The number of rotatable bonds is 4. The lowest BCUT2D eigenvalue weighted by Gasteiger charge is -2.26. The first-order chi connectivity index (χ1) is 13.6. The summed E-state index contributed by atoms with van der Waals surface area (Å²) in [5.74, 6) is 8.31. The van der Waals surface area contributed by atoms with E-state index in [4.69, 9.17) is 15.6 Å². The molecule has 1 aliphatic carbocycles. The van der Waals surface area contributed by atoms with E-state index in [-0.39, 0.29) is 10.3 Å². The molecule has 3 aliphatic rings. The van der Waals surface area contributed by atoms with Crippen LogP contribution < -0.4 is 10.6 Å². The fourth-order valence-corrected chi connectivity index (χ4v) is 3.30. The van der Waals surface area contributed by atoms with Gasteiger partial charge in [-0.1, -0.05) is 36.4 Å². The summed E-state index contributed by atoms with van der Waals surface area (Å²) < 4.78 is 5.66. The van der Waals surface area contributed by atoms with E-state index in [1.165, 1.54) is 0 Å². The molecule has 3 N–H and O–H groups in total. The summed E-state index contributed by atoms with van der Waals surface area (Å²) >= 11 is 0. The summed E-state index contributed by atoms with van der Waals surface area (Å²) in [6.45, 7) is 0. The zero-order valence-corrected chi connectivity index (χ0v) is 14.9. The van der Waals surface area contributed by atoms with Crippen molar-refractivity contribution in [1.29, 1.82) is 0 Å². The predicted octanol–water partition coefficient (Wildman–Crippen LogP) is 3.90. The molecule has 1 atom stereocenters. The van der Waals surface area contributed by atoms with Crippen molar-refractivity contribution in [3.05, 3.63) is 102 Å². The Morgan fingerprint density at radius 3 is 2.61 bits per heavy atom. The van der Waals surface area contributed by atoms with Crippen molar-refractivity contribution >= 4 is 12.1 Å². The largest absolute Gasteiger partial charge is 0.504 e. The number of phenolic OH excluding ortho intramolecular Hbond substituents is 1. The van der Waals surface area contributed by atoms with Gasteiger partial charge in [0.2, 0.25) is 5.70 Å². The Labute approximate surface area is 161 Å². The average Bonchev–Trinajstić information content (AvgIpc) is 2.96. The van der Waals surface area contributed by atoms with E-state index >= 15 is 0 Å². The van der Waals surface area contributed by atoms with Gasteiger partial charge in [-0.15, -0.1) is 4.59 Å². The Balaban J connectivity index is 1.52. The van der Waals surface area contributed by atoms with Crippen molar-refractivity contribution in [3.63, 3.8) is 0 Å². The van der Waals surface area contributed by atoms with Crippen molar-refractivity contribution in [2.24, 2.45) is 15.8 Å². The zero-order chi connectivity index (χ0) is 19.1. The number of para-hydroxylation sites is 1. The Morgan fingerprint density at radius 2 is 1.89 bits per heavy atom. The number of quaternary nitrogens is 1. The minimum atomic E-state index is -0.0949. The van der Waals surface area contributed by atoms with Crippen LogP contribution in [0.4, 0.5) is 0 Å². The van der Waals surface area contributed by atoms with Crippen LogP contribution >= 0.6 is 0 Å². The molecule has 2 aromatic rings. The van der Waals surface area contributed by atoms with Gasteiger partial charge in [0.05, 0.1) is 18.0 Å². The van der Waals surface area contributed by atoms with Gasteiger partial charge in [-0.25, -0.2) is 0 Å². The molecule has 2 aromatic carbocycles. The highest BCUT2D eigenvalue weighted by atomic mass is 16.5. The van der Waals surface area contributed by atoms with Crippen LogP contribution in [-0.2, 0) is 0 Å². The number of aliphatic imine (C=N–C) groups is 2. The van der Waals surface area contributed by atoms with E-state index in [1.54, 1.807) is 30.7 Å². The van der Waals surface area contributed by atoms with Gasteiger partial charge in [0.1, 0.15) is 17.6 Å². The van der Waals surface area contributed by atoms with E-state index < -0.39 is 0 Å². The van der Waals surface area contributed by atoms with Gasteiger partial charge in [0, 0.05) is 5.57 Å². The van der Waals surface area contributed by atoms with Gasteiger partial charge in [-0.05, 0) is 30.3 Å². The van der Waals surface area contributed by atoms with Crippen molar-refractivity contribution in [1.82, 2.24) is 0 Å². The van der Waals surface area contributed by atoms with Crippen molar-refractivity contribution in [2.75, 3.05) is 0 Å². The zero-order valence-electron chi connectivity index (χ0n) is 14.9. The van der Waals surface area contributed by atoms with Crippen molar-refractivity contribution in [2.45, 2.75) is 0 Å². The fraction of sp³-hybridized carbons (Fsp3) is 0. The fourth-order valence-electron chi connectivity index (χ4n) is 3.30. The molecule has 5 rings (SSSR count). The molecule has 0 saturated heterocycles. The third kappa shape index (κ3) is 2.51. The van der Waals surface area contributed by atoms with Gasteiger partial charge >= 0.3 is 0 Å². The normalized spacial score (nSPS) is 21.9. The molecule has 2 heterocycles. The standard InChI is InChI=1S/C22H16N4O2/c23-26-12-11-24-14-18(26)21(15-5-4-6-15)25-22(26)16-9-10-20(19(27)13-16)28-17-7-2-1-3-8-17/h1-14H,23H2/p+1. The van der Waals surface area contributed by atoms with Crippen LogP contribution in [0.3, 0.4) is 0 Å². The third-order valence-corrected chi connectivity index (χ3v) is 4.81. The highest BCUT2D eigenvalue weighted by molar-refractivity contribution is 6.01. The van der Waals surface area contributed by atoms with Crippen LogP contribution in [0.2, 0.25) is 0 Å². The number of amidine groups is 1. The number of nitrogens with two attached hydrogens (primary N) is 1. The lowest BCUT2D eigenvalue weighted by molar-refractivity contribution is -0.750. The maximum absolute atomic E-state index is 10.5. The summed E-state index contributed by atoms with van der Waals surface area (Å²) in [7, 11) is 0. The summed E-state index contributed by atoms with van der Waals surface area (Å²) in [5.41, 5.74) is 3.29. The summed E-state index contributed by atoms with van der Waals surface area (Å²) in [6.07, 6.45) is 11.1. The Kier molecular flexibility index (Phi) is 3.61. The van der Waals surface area contributed by atoms with Crippen LogP contribution in [0, 0.1) is 0 Å². The minimum absolute atomic E-state index is 0.0167. The van der Waals surface area contributed by atoms with E-state index in [9.17, 15) is 5.11 Å². The first-order valence-corrected chi connectivity index (χ1v) is 8.82. The molecule has 0 saturated carbocycles. The Bertz CT molecular complexity index is 1160. The van der Waals surface area contributed by atoms with Gasteiger partial charge in [0.25, 0.3) is 5.84 Å². The number of hydrogen-bond donors (Lipinski definition) is 2. The maximum atomic E-state index is 10.5. The molecule has 136 valence electrons. The van der Waals surface area contributed by atoms with Crippen LogP contribution in [0.15, 0.2) is 106 Å². The molecule has 0 aromatic heterocycles. The van der Waals surface area contributed by atoms with Crippen LogP contribution in [0.25, 0.3) is 0 Å².